The van der Waals surface area contributed by atoms with Gasteiger partial charge >= 0.3 is 5.97 Å². The van der Waals surface area contributed by atoms with Gasteiger partial charge in [0, 0.05) is 18.6 Å². The monoisotopic (exact) mass is 182 g/mol. The molecule has 1 unspecified atom stereocenters. The molecular formula is C10H14O3. The molecule has 1 aliphatic rings. The summed E-state index contributed by atoms with van der Waals surface area (Å²) in [6, 6.07) is 0. The molecule has 72 valence electrons. The van der Waals surface area contributed by atoms with Crippen molar-refractivity contribution in [3.8, 4) is 0 Å². The molecule has 0 radical (unpaired) electrons. The largest absolute Gasteiger partial charge is 0.478 e. The van der Waals surface area contributed by atoms with Gasteiger partial charge in [-0.05, 0) is 12.8 Å². The van der Waals surface area contributed by atoms with E-state index in [1.165, 1.54) is 6.08 Å². The first-order valence-electron chi connectivity index (χ1n) is 4.44. The molecule has 1 rings (SSSR count). The Balaban J connectivity index is 2.25. The van der Waals surface area contributed by atoms with Gasteiger partial charge in [0.25, 0.3) is 0 Å². The van der Waals surface area contributed by atoms with E-state index in [1.807, 2.05) is 6.08 Å². The lowest BCUT2D eigenvalue weighted by molar-refractivity contribution is -0.131. The van der Waals surface area contributed by atoms with E-state index in [4.69, 9.17) is 9.84 Å². The third-order valence-electron chi connectivity index (χ3n) is 1.93. The molecule has 1 heterocycles. The normalized spacial score (nSPS) is 24.2. The molecule has 0 spiro atoms. The van der Waals surface area contributed by atoms with Gasteiger partial charge in [-0.3, -0.25) is 0 Å². The summed E-state index contributed by atoms with van der Waals surface area (Å²) in [5, 5.41) is 8.31. The molecule has 1 fully saturated rings. The van der Waals surface area contributed by atoms with Gasteiger partial charge in [-0.15, -0.1) is 0 Å². The number of ether oxygens (including phenoxy) is 1. The van der Waals surface area contributed by atoms with Crippen LogP contribution in [0.4, 0.5) is 0 Å². The average Bonchev–Trinajstić information content (AvgIpc) is 2.14. The summed E-state index contributed by atoms with van der Waals surface area (Å²) in [4.78, 5) is 10.1. The number of aliphatic carboxylic acids is 1. The highest BCUT2D eigenvalue weighted by atomic mass is 16.5. The van der Waals surface area contributed by atoms with Crippen LogP contribution in [0.25, 0.3) is 0 Å². The first kappa shape index (κ1) is 9.99. The predicted octanol–water partition coefficient (Wildman–Crippen LogP) is 1.61. The van der Waals surface area contributed by atoms with E-state index >= 15 is 0 Å². The fourth-order valence-corrected chi connectivity index (χ4v) is 1.28. The fourth-order valence-electron chi connectivity index (χ4n) is 1.28. The third-order valence-corrected chi connectivity index (χ3v) is 1.93. The maximum atomic E-state index is 10.1. The van der Waals surface area contributed by atoms with E-state index in [0.717, 1.165) is 32.1 Å². The minimum atomic E-state index is -0.912. The summed E-state index contributed by atoms with van der Waals surface area (Å²) in [5.41, 5.74) is 0. The number of carboxylic acids is 1. The molecule has 1 atom stereocenters. The van der Waals surface area contributed by atoms with Crippen molar-refractivity contribution in [1.29, 1.82) is 0 Å². The predicted molar refractivity (Wildman–Crippen MR) is 49.5 cm³/mol. The molecule has 0 amide bonds. The molecule has 0 aromatic heterocycles. The highest BCUT2D eigenvalue weighted by molar-refractivity contribution is 5.80. The Morgan fingerprint density at radius 3 is 2.92 bits per heavy atom. The van der Waals surface area contributed by atoms with Crippen LogP contribution in [0.2, 0.25) is 0 Å². The summed E-state index contributed by atoms with van der Waals surface area (Å²) < 4.78 is 5.27. The number of carbonyl (C=O) groups is 1. The van der Waals surface area contributed by atoms with Gasteiger partial charge in [-0.1, -0.05) is 18.2 Å². The zero-order chi connectivity index (χ0) is 9.52. The van der Waals surface area contributed by atoms with E-state index < -0.39 is 5.97 Å². The van der Waals surface area contributed by atoms with Crippen LogP contribution in [0.15, 0.2) is 24.3 Å². The number of allylic oxidation sites excluding steroid dienone is 2. The second-order valence-electron chi connectivity index (χ2n) is 3.06. The molecule has 0 saturated carbocycles. The molecule has 1 N–H and O–H groups in total. The molecule has 0 aliphatic carbocycles. The zero-order valence-corrected chi connectivity index (χ0v) is 7.48. The van der Waals surface area contributed by atoms with Crippen LogP contribution in [-0.4, -0.2) is 24.3 Å². The summed E-state index contributed by atoms with van der Waals surface area (Å²) in [6.45, 7) is 1.62. The van der Waals surface area contributed by atoms with Crippen LogP contribution < -0.4 is 0 Å². The maximum absolute atomic E-state index is 10.1. The number of rotatable bonds is 3. The minimum absolute atomic E-state index is 0.451. The number of carboxylic acid groups (broad SMARTS) is 1. The number of hydrogen-bond donors (Lipinski definition) is 1. The Hall–Kier alpha value is -1.09. The van der Waals surface area contributed by atoms with Crippen LogP contribution in [0.3, 0.4) is 0 Å². The van der Waals surface area contributed by atoms with Crippen molar-refractivity contribution in [2.75, 3.05) is 13.2 Å². The standard InChI is InChI=1S/C10H14O3/c11-10(12)6-2-1-4-9-5-3-7-13-8-9/h1-2,4,6,9H,3,5,7-8H2,(H,11,12)/b4-1+,6-2-. The molecule has 3 heteroatoms. The SMILES string of the molecule is O=C(O)/C=C\C=C\C1CCCOC1. The maximum Gasteiger partial charge on any atom is 0.328 e. The fraction of sp³-hybridized carbons (Fsp3) is 0.500. The van der Waals surface area contributed by atoms with E-state index in [-0.39, 0.29) is 0 Å². The molecule has 0 aromatic rings. The van der Waals surface area contributed by atoms with E-state index in [9.17, 15) is 4.79 Å². The van der Waals surface area contributed by atoms with Gasteiger partial charge < -0.3 is 9.84 Å². The molecule has 0 bridgehead atoms. The van der Waals surface area contributed by atoms with Gasteiger partial charge in [-0.2, -0.15) is 0 Å². The highest BCUT2D eigenvalue weighted by Gasteiger charge is 2.09. The Morgan fingerprint density at radius 1 is 1.46 bits per heavy atom. The van der Waals surface area contributed by atoms with Gasteiger partial charge in [-0.25, -0.2) is 4.79 Å². The number of hydrogen-bond acceptors (Lipinski definition) is 2. The Morgan fingerprint density at radius 2 is 2.31 bits per heavy atom. The van der Waals surface area contributed by atoms with Gasteiger partial charge in [0.2, 0.25) is 0 Å². The van der Waals surface area contributed by atoms with Crippen molar-refractivity contribution in [2.24, 2.45) is 5.92 Å². The first-order chi connectivity index (χ1) is 6.29. The van der Waals surface area contributed by atoms with Crippen LogP contribution >= 0.6 is 0 Å². The molecule has 1 saturated heterocycles. The smallest absolute Gasteiger partial charge is 0.328 e. The van der Waals surface area contributed by atoms with E-state index in [2.05, 4.69) is 0 Å². The highest BCUT2D eigenvalue weighted by Crippen LogP contribution is 2.14. The molecular weight excluding hydrogens is 168 g/mol. The van der Waals surface area contributed by atoms with E-state index in [1.54, 1.807) is 6.08 Å². The minimum Gasteiger partial charge on any atom is -0.478 e. The van der Waals surface area contributed by atoms with Crippen LogP contribution in [0, 0.1) is 5.92 Å². The second kappa shape index (κ2) is 5.54. The summed E-state index contributed by atoms with van der Waals surface area (Å²) in [5.74, 6) is -0.461. The Kier molecular flexibility index (Phi) is 4.26. The van der Waals surface area contributed by atoms with Crippen molar-refractivity contribution < 1.29 is 14.6 Å². The van der Waals surface area contributed by atoms with Crippen molar-refractivity contribution in [1.82, 2.24) is 0 Å². The Labute approximate surface area is 77.7 Å². The first-order valence-corrected chi connectivity index (χ1v) is 4.44. The topological polar surface area (TPSA) is 46.5 Å². The van der Waals surface area contributed by atoms with Crippen molar-refractivity contribution >= 4 is 5.97 Å². The van der Waals surface area contributed by atoms with Crippen molar-refractivity contribution in [3.63, 3.8) is 0 Å². The van der Waals surface area contributed by atoms with Crippen molar-refractivity contribution in [3.05, 3.63) is 24.3 Å². The summed E-state index contributed by atoms with van der Waals surface area (Å²) in [6.07, 6.45) is 8.66. The summed E-state index contributed by atoms with van der Waals surface area (Å²) >= 11 is 0. The third kappa shape index (κ3) is 4.48. The van der Waals surface area contributed by atoms with Gasteiger partial charge in [0.15, 0.2) is 0 Å². The molecule has 13 heavy (non-hydrogen) atoms. The lowest BCUT2D eigenvalue weighted by Gasteiger charge is -2.18. The second-order valence-corrected chi connectivity index (χ2v) is 3.06. The lowest BCUT2D eigenvalue weighted by atomic mass is 10.0. The quantitative estimate of drug-likeness (QED) is 0.532. The van der Waals surface area contributed by atoms with Crippen molar-refractivity contribution in [2.45, 2.75) is 12.8 Å². The molecule has 0 aromatic carbocycles. The molecule has 1 aliphatic heterocycles. The molecule has 3 nitrogen and oxygen atoms in total. The van der Waals surface area contributed by atoms with Crippen LogP contribution in [0.5, 0.6) is 0 Å². The lowest BCUT2D eigenvalue weighted by Crippen LogP contribution is -2.14. The zero-order valence-electron chi connectivity index (χ0n) is 7.48. The van der Waals surface area contributed by atoms with Crippen LogP contribution in [0.1, 0.15) is 12.8 Å². The van der Waals surface area contributed by atoms with Gasteiger partial charge in [0.1, 0.15) is 0 Å². The average molecular weight is 182 g/mol. The summed E-state index contributed by atoms with van der Waals surface area (Å²) in [7, 11) is 0. The van der Waals surface area contributed by atoms with E-state index in [0.29, 0.717) is 5.92 Å². The Bertz CT molecular complexity index is 212. The van der Waals surface area contributed by atoms with Crippen LogP contribution in [-0.2, 0) is 9.53 Å². The van der Waals surface area contributed by atoms with Gasteiger partial charge in [0.05, 0.1) is 6.61 Å².